The summed E-state index contributed by atoms with van der Waals surface area (Å²) in [6.45, 7) is 5.65. The molecule has 0 radical (unpaired) electrons. The lowest BCUT2D eigenvalue weighted by atomic mass is 10.1. The van der Waals surface area contributed by atoms with Crippen LogP contribution in [0.1, 0.15) is 18.1 Å². The molecule has 0 aliphatic carbocycles. The highest BCUT2D eigenvalue weighted by atomic mass is 35.5. The first-order valence-corrected chi connectivity index (χ1v) is 9.66. The molecular weight excluding hydrogens is 316 g/mol. The van der Waals surface area contributed by atoms with Crippen molar-refractivity contribution in [1.29, 1.82) is 0 Å². The number of halogens is 1. The van der Waals surface area contributed by atoms with Crippen molar-refractivity contribution in [3.63, 3.8) is 0 Å². The second-order valence-electron chi connectivity index (χ2n) is 4.36. The topological polar surface area (TPSA) is 58.2 Å². The Kier molecular flexibility index (Phi) is 7.33. The minimum Gasteiger partial charge on any atom is -0.313 e. The summed E-state index contributed by atoms with van der Waals surface area (Å²) in [5.41, 5.74) is 1.65. The van der Waals surface area contributed by atoms with Gasteiger partial charge in [-0.05, 0) is 43.0 Å². The minimum atomic E-state index is -3.51. The summed E-state index contributed by atoms with van der Waals surface area (Å²) in [5, 5.41) is 3.63. The number of rotatable bonds is 8. The van der Waals surface area contributed by atoms with E-state index in [1.165, 1.54) is 6.07 Å². The largest absolute Gasteiger partial charge is 0.313 e. The molecule has 0 aliphatic heterocycles. The highest BCUT2D eigenvalue weighted by molar-refractivity contribution is 7.98. The van der Waals surface area contributed by atoms with Gasteiger partial charge in [-0.15, -0.1) is 0 Å². The maximum Gasteiger partial charge on any atom is 0.240 e. The first-order valence-electron chi connectivity index (χ1n) is 6.40. The summed E-state index contributed by atoms with van der Waals surface area (Å²) in [5.74, 6) is 0.739. The van der Waals surface area contributed by atoms with Gasteiger partial charge in [-0.2, -0.15) is 11.8 Å². The quantitative estimate of drug-likeness (QED) is 0.716. The second-order valence-corrected chi connectivity index (χ2v) is 7.52. The zero-order valence-corrected chi connectivity index (χ0v) is 14.4. The molecule has 0 bridgehead atoms. The van der Waals surface area contributed by atoms with Gasteiger partial charge in [0.15, 0.2) is 0 Å². The van der Waals surface area contributed by atoms with Gasteiger partial charge in [-0.3, -0.25) is 0 Å². The van der Waals surface area contributed by atoms with Crippen molar-refractivity contribution in [2.24, 2.45) is 0 Å². The molecule has 0 spiro atoms. The van der Waals surface area contributed by atoms with Crippen LogP contribution in [0.2, 0.25) is 5.02 Å². The highest BCUT2D eigenvalue weighted by Gasteiger charge is 2.19. The smallest absolute Gasteiger partial charge is 0.240 e. The van der Waals surface area contributed by atoms with E-state index in [1.54, 1.807) is 17.8 Å². The molecule has 20 heavy (non-hydrogen) atoms. The summed E-state index contributed by atoms with van der Waals surface area (Å²) in [6, 6.07) is 3.31. The molecule has 1 rings (SSSR count). The zero-order valence-electron chi connectivity index (χ0n) is 12.0. The van der Waals surface area contributed by atoms with Crippen molar-refractivity contribution in [3.8, 4) is 0 Å². The first-order chi connectivity index (χ1) is 9.42. The molecule has 1 aromatic rings. The van der Waals surface area contributed by atoms with Crippen molar-refractivity contribution >= 4 is 33.4 Å². The maximum atomic E-state index is 12.3. The molecule has 0 atom stereocenters. The molecule has 0 saturated carbocycles. The standard InChI is InChI=1S/C13H21ClN2O2S2/c1-4-15-9-11-7-12(14)8-13(10(11)2)20(17,18)16-5-6-19-3/h7-8,15-16H,4-6,9H2,1-3H3. The van der Waals surface area contributed by atoms with Gasteiger partial charge in [0.2, 0.25) is 10.0 Å². The molecule has 1 aromatic carbocycles. The monoisotopic (exact) mass is 336 g/mol. The summed E-state index contributed by atoms with van der Waals surface area (Å²) < 4.78 is 27.2. The third-order valence-electron chi connectivity index (χ3n) is 2.89. The van der Waals surface area contributed by atoms with E-state index in [2.05, 4.69) is 10.0 Å². The molecule has 0 saturated heterocycles. The molecule has 4 nitrogen and oxygen atoms in total. The van der Waals surface area contributed by atoms with Gasteiger partial charge in [0.05, 0.1) is 4.90 Å². The lowest BCUT2D eigenvalue weighted by Crippen LogP contribution is -2.27. The van der Waals surface area contributed by atoms with Gasteiger partial charge >= 0.3 is 0 Å². The second kappa shape index (κ2) is 8.24. The Hall–Kier alpha value is -0.270. The van der Waals surface area contributed by atoms with Crippen LogP contribution in [0.5, 0.6) is 0 Å². The third-order valence-corrected chi connectivity index (χ3v) is 5.30. The van der Waals surface area contributed by atoms with Crippen molar-refractivity contribution in [3.05, 3.63) is 28.3 Å². The lowest BCUT2D eigenvalue weighted by Gasteiger charge is -2.14. The number of nitrogens with one attached hydrogen (secondary N) is 2. The van der Waals surface area contributed by atoms with Gasteiger partial charge in [0, 0.05) is 23.9 Å². The minimum absolute atomic E-state index is 0.263. The Morgan fingerprint density at radius 1 is 1.35 bits per heavy atom. The molecule has 0 aromatic heterocycles. The van der Waals surface area contributed by atoms with Crippen molar-refractivity contribution in [2.45, 2.75) is 25.3 Å². The highest BCUT2D eigenvalue weighted by Crippen LogP contribution is 2.24. The number of hydrogen-bond acceptors (Lipinski definition) is 4. The Morgan fingerprint density at radius 3 is 2.65 bits per heavy atom. The van der Waals surface area contributed by atoms with Crippen LogP contribution in [0.15, 0.2) is 17.0 Å². The van der Waals surface area contributed by atoms with Crippen LogP contribution in [-0.4, -0.2) is 33.5 Å². The Morgan fingerprint density at radius 2 is 2.05 bits per heavy atom. The van der Waals surface area contributed by atoms with Crippen LogP contribution < -0.4 is 10.0 Å². The van der Waals surface area contributed by atoms with E-state index in [4.69, 9.17) is 11.6 Å². The fourth-order valence-corrected chi connectivity index (χ4v) is 3.87. The zero-order chi connectivity index (χ0) is 15.2. The molecule has 7 heteroatoms. The van der Waals surface area contributed by atoms with E-state index < -0.39 is 10.0 Å². The predicted molar refractivity (Wildman–Crippen MR) is 87.1 cm³/mol. The number of hydrogen-bond donors (Lipinski definition) is 2. The van der Waals surface area contributed by atoms with E-state index in [1.807, 2.05) is 20.1 Å². The summed E-state index contributed by atoms with van der Waals surface area (Å²) in [7, 11) is -3.51. The molecular formula is C13H21ClN2O2S2. The summed E-state index contributed by atoms with van der Waals surface area (Å²) in [6.07, 6.45) is 1.94. The van der Waals surface area contributed by atoms with Crippen LogP contribution >= 0.6 is 23.4 Å². The SMILES string of the molecule is CCNCc1cc(Cl)cc(S(=O)(=O)NCCSC)c1C. The van der Waals surface area contributed by atoms with Gasteiger partial charge in [-0.1, -0.05) is 18.5 Å². The number of benzene rings is 1. The van der Waals surface area contributed by atoms with E-state index in [-0.39, 0.29) is 4.90 Å². The predicted octanol–water partition coefficient (Wildman–Crippen LogP) is 2.40. The number of sulfonamides is 1. The van der Waals surface area contributed by atoms with Crippen LogP contribution in [0, 0.1) is 6.92 Å². The van der Waals surface area contributed by atoms with Crippen LogP contribution in [0.25, 0.3) is 0 Å². The van der Waals surface area contributed by atoms with Crippen LogP contribution in [0.4, 0.5) is 0 Å². The first kappa shape index (κ1) is 17.8. The van der Waals surface area contributed by atoms with Crippen molar-refractivity contribution < 1.29 is 8.42 Å². The van der Waals surface area contributed by atoms with E-state index in [0.717, 1.165) is 23.4 Å². The van der Waals surface area contributed by atoms with Gasteiger partial charge < -0.3 is 5.32 Å². The fraction of sp³-hybridized carbons (Fsp3) is 0.538. The molecule has 0 amide bonds. The normalized spacial score (nSPS) is 11.8. The Labute approximate surface area is 130 Å². The Bertz CT molecular complexity index is 548. The average molecular weight is 337 g/mol. The van der Waals surface area contributed by atoms with E-state index in [0.29, 0.717) is 18.1 Å². The molecule has 0 aliphatic rings. The molecule has 0 unspecified atom stereocenters. The number of thioether (sulfide) groups is 1. The van der Waals surface area contributed by atoms with Crippen LogP contribution in [-0.2, 0) is 16.6 Å². The van der Waals surface area contributed by atoms with E-state index in [9.17, 15) is 8.42 Å². The van der Waals surface area contributed by atoms with Gasteiger partial charge in [0.1, 0.15) is 0 Å². The summed E-state index contributed by atoms with van der Waals surface area (Å²) in [4.78, 5) is 0.263. The third kappa shape index (κ3) is 4.93. The Balaban J connectivity index is 3.07. The van der Waals surface area contributed by atoms with Crippen molar-refractivity contribution in [1.82, 2.24) is 10.0 Å². The molecule has 2 N–H and O–H groups in total. The van der Waals surface area contributed by atoms with Gasteiger partial charge in [-0.25, -0.2) is 13.1 Å². The molecule has 0 fully saturated rings. The summed E-state index contributed by atoms with van der Waals surface area (Å²) >= 11 is 7.64. The maximum absolute atomic E-state index is 12.3. The van der Waals surface area contributed by atoms with E-state index >= 15 is 0 Å². The van der Waals surface area contributed by atoms with Gasteiger partial charge in [0.25, 0.3) is 0 Å². The average Bonchev–Trinajstić information content (AvgIpc) is 2.39. The fourth-order valence-electron chi connectivity index (χ4n) is 1.79. The molecule has 114 valence electrons. The van der Waals surface area contributed by atoms with Crippen LogP contribution in [0.3, 0.4) is 0 Å². The molecule has 0 heterocycles. The lowest BCUT2D eigenvalue weighted by molar-refractivity contribution is 0.583. The van der Waals surface area contributed by atoms with Crippen molar-refractivity contribution in [2.75, 3.05) is 25.1 Å².